The third-order valence-electron chi connectivity index (χ3n) is 5.70. The minimum atomic E-state index is -0.355. The number of rotatable bonds is 8. The van der Waals surface area contributed by atoms with Gasteiger partial charge in [-0.1, -0.05) is 39.0 Å². The van der Waals surface area contributed by atoms with Crippen molar-refractivity contribution in [1.29, 1.82) is 0 Å². The second kappa shape index (κ2) is 11.3. The Hall–Kier alpha value is -3.81. The Morgan fingerprint density at radius 2 is 1.72 bits per heavy atom. The van der Waals surface area contributed by atoms with Crippen LogP contribution in [0.2, 0.25) is 0 Å². The summed E-state index contributed by atoms with van der Waals surface area (Å²) in [6.45, 7) is 14.4. The van der Waals surface area contributed by atoms with Gasteiger partial charge in [-0.2, -0.15) is 5.10 Å². The molecule has 0 spiro atoms. The molecule has 8 nitrogen and oxygen atoms in total. The molecule has 1 aromatic heterocycles. The second-order valence-corrected chi connectivity index (χ2v) is 10.0. The van der Waals surface area contributed by atoms with Gasteiger partial charge in [-0.15, -0.1) is 0 Å². The van der Waals surface area contributed by atoms with Gasteiger partial charge in [-0.3, -0.25) is 4.79 Å². The van der Waals surface area contributed by atoms with Crippen LogP contribution in [0.1, 0.15) is 52.8 Å². The maximum Gasteiger partial charge on any atom is 0.322 e. The molecular weight excluding hydrogens is 454 g/mol. The molecule has 36 heavy (non-hydrogen) atoms. The van der Waals surface area contributed by atoms with Gasteiger partial charge in [0.25, 0.3) is 0 Å². The fourth-order valence-electron chi connectivity index (χ4n) is 3.64. The van der Waals surface area contributed by atoms with E-state index in [1.165, 1.54) is 4.90 Å². The second-order valence-electron chi connectivity index (χ2n) is 10.0. The van der Waals surface area contributed by atoms with Crippen LogP contribution in [0.5, 0.6) is 5.75 Å². The minimum Gasteiger partial charge on any atom is -0.494 e. The van der Waals surface area contributed by atoms with Crippen LogP contribution in [0.15, 0.2) is 54.6 Å². The van der Waals surface area contributed by atoms with Crippen LogP contribution in [-0.2, 0) is 10.2 Å². The van der Waals surface area contributed by atoms with E-state index >= 15 is 0 Å². The standard InChI is InChI=1S/C28H37N5O3/c1-8-36-22-15-13-21(14-16-22)29-27(35)32(19(2)3)18-26(34)30-25-17-24(28(5,6)7)31-33(25)23-12-10-9-11-20(23)4/h9-17,19H,8,18H2,1-7H3,(H,29,35)(H,30,34). The maximum atomic E-state index is 13.1. The van der Waals surface area contributed by atoms with Crippen molar-refractivity contribution in [2.45, 2.75) is 59.9 Å². The zero-order valence-electron chi connectivity index (χ0n) is 22.3. The number of aromatic nitrogens is 2. The number of aryl methyl sites for hydroxylation is 1. The zero-order chi connectivity index (χ0) is 26.5. The largest absolute Gasteiger partial charge is 0.494 e. The van der Waals surface area contributed by atoms with E-state index in [0.29, 0.717) is 18.1 Å². The van der Waals surface area contributed by atoms with Crippen LogP contribution >= 0.6 is 0 Å². The van der Waals surface area contributed by atoms with Crippen LogP contribution < -0.4 is 15.4 Å². The van der Waals surface area contributed by atoms with E-state index < -0.39 is 0 Å². The van der Waals surface area contributed by atoms with Gasteiger partial charge >= 0.3 is 6.03 Å². The highest BCUT2D eigenvalue weighted by Gasteiger charge is 2.24. The van der Waals surface area contributed by atoms with Crippen LogP contribution in [0.4, 0.5) is 16.3 Å². The first-order valence-corrected chi connectivity index (χ1v) is 12.3. The Labute approximate surface area is 213 Å². The van der Waals surface area contributed by atoms with Crippen LogP contribution in [0, 0.1) is 6.92 Å². The van der Waals surface area contributed by atoms with E-state index in [1.54, 1.807) is 28.9 Å². The lowest BCUT2D eigenvalue weighted by Crippen LogP contribution is -2.44. The molecule has 0 saturated carbocycles. The van der Waals surface area contributed by atoms with Crippen molar-refractivity contribution in [3.63, 3.8) is 0 Å². The lowest BCUT2D eigenvalue weighted by Gasteiger charge is -2.26. The summed E-state index contributed by atoms with van der Waals surface area (Å²) < 4.78 is 7.21. The molecule has 0 saturated heterocycles. The molecule has 0 aliphatic carbocycles. The van der Waals surface area contributed by atoms with Gasteiger partial charge in [-0.05, 0) is 63.6 Å². The molecule has 0 fully saturated rings. The van der Waals surface area contributed by atoms with Gasteiger partial charge in [-0.25, -0.2) is 9.48 Å². The summed E-state index contributed by atoms with van der Waals surface area (Å²) in [7, 11) is 0. The molecule has 0 bridgehead atoms. The quantitative estimate of drug-likeness (QED) is 0.419. The smallest absolute Gasteiger partial charge is 0.322 e. The highest BCUT2D eigenvalue weighted by atomic mass is 16.5. The average Bonchev–Trinajstić information content (AvgIpc) is 3.23. The van der Waals surface area contributed by atoms with E-state index in [4.69, 9.17) is 9.84 Å². The van der Waals surface area contributed by atoms with Crippen molar-refractivity contribution >= 4 is 23.4 Å². The molecule has 0 aliphatic rings. The van der Waals surface area contributed by atoms with Crippen LogP contribution in [-0.4, -0.2) is 45.8 Å². The number of benzene rings is 2. The number of para-hydroxylation sites is 1. The molecule has 2 N–H and O–H groups in total. The van der Waals surface area contributed by atoms with Crippen LogP contribution in [0.25, 0.3) is 5.69 Å². The van der Waals surface area contributed by atoms with Gasteiger partial charge in [0.2, 0.25) is 5.91 Å². The van der Waals surface area contributed by atoms with E-state index in [2.05, 4.69) is 31.4 Å². The molecule has 1 heterocycles. The summed E-state index contributed by atoms with van der Waals surface area (Å²) in [5, 5.41) is 10.6. The molecule has 3 rings (SSSR count). The Balaban J connectivity index is 1.78. The monoisotopic (exact) mass is 491 g/mol. The van der Waals surface area contributed by atoms with Crippen molar-refractivity contribution in [1.82, 2.24) is 14.7 Å². The normalized spacial score (nSPS) is 11.3. The van der Waals surface area contributed by atoms with Crippen molar-refractivity contribution in [3.05, 3.63) is 65.9 Å². The molecule has 8 heteroatoms. The first kappa shape index (κ1) is 26.8. The summed E-state index contributed by atoms with van der Waals surface area (Å²) in [6.07, 6.45) is 0. The van der Waals surface area contributed by atoms with Crippen molar-refractivity contribution in [3.8, 4) is 11.4 Å². The number of anilines is 2. The SMILES string of the molecule is CCOc1ccc(NC(=O)N(CC(=O)Nc2cc(C(C)(C)C)nn2-c2ccccc2C)C(C)C)cc1. The van der Waals surface area contributed by atoms with Gasteiger partial charge in [0.15, 0.2) is 0 Å². The van der Waals surface area contributed by atoms with Crippen molar-refractivity contribution in [2.24, 2.45) is 0 Å². The average molecular weight is 492 g/mol. The van der Waals surface area contributed by atoms with Gasteiger partial charge in [0.05, 0.1) is 18.0 Å². The summed E-state index contributed by atoms with van der Waals surface area (Å²) in [5.74, 6) is 0.992. The van der Waals surface area contributed by atoms with E-state index in [9.17, 15) is 9.59 Å². The fraction of sp³-hybridized carbons (Fsp3) is 0.393. The summed E-state index contributed by atoms with van der Waals surface area (Å²) in [5.41, 5.74) is 3.21. The number of amides is 3. The molecule has 3 aromatic rings. The number of hydrogen-bond donors (Lipinski definition) is 2. The Morgan fingerprint density at radius 3 is 2.31 bits per heavy atom. The highest BCUT2D eigenvalue weighted by molar-refractivity contribution is 5.97. The van der Waals surface area contributed by atoms with E-state index in [-0.39, 0.29) is 29.9 Å². The maximum absolute atomic E-state index is 13.1. The lowest BCUT2D eigenvalue weighted by atomic mass is 9.92. The number of nitrogens with zero attached hydrogens (tertiary/aromatic N) is 3. The third kappa shape index (κ3) is 6.65. The predicted octanol–water partition coefficient (Wildman–Crippen LogP) is 5.76. The van der Waals surface area contributed by atoms with Crippen molar-refractivity contribution in [2.75, 3.05) is 23.8 Å². The number of carbonyl (C=O) groups is 2. The lowest BCUT2D eigenvalue weighted by molar-refractivity contribution is -0.117. The topological polar surface area (TPSA) is 88.5 Å². The molecule has 2 aromatic carbocycles. The first-order chi connectivity index (χ1) is 17.0. The summed E-state index contributed by atoms with van der Waals surface area (Å²) >= 11 is 0. The molecule has 3 amide bonds. The number of hydrogen-bond acceptors (Lipinski definition) is 4. The van der Waals surface area contributed by atoms with E-state index in [0.717, 1.165) is 22.7 Å². The molecular formula is C28H37N5O3. The van der Waals surface area contributed by atoms with Gasteiger partial charge in [0, 0.05) is 23.2 Å². The van der Waals surface area contributed by atoms with Crippen molar-refractivity contribution < 1.29 is 14.3 Å². The van der Waals surface area contributed by atoms with Gasteiger partial charge in [0.1, 0.15) is 18.1 Å². The highest BCUT2D eigenvalue weighted by Crippen LogP contribution is 2.27. The molecule has 192 valence electrons. The number of urea groups is 1. The minimum absolute atomic E-state index is 0.107. The zero-order valence-corrected chi connectivity index (χ0v) is 22.3. The summed E-state index contributed by atoms with van der Waals surface area (Å²) in [4.78, 5) is 27.6. The third-order valence-corrected chi connectivity index (χ3v) is 5.70. The molecule has 0 radical (unpaired) electrons. The Bertz CT molecular complexity index is 1190. The fourth-order valence-corrected chi connectivity index (χ4v) is 3.64. The number of ether oxygens (including phenoxy) is 1. The Kier molecular flexibility index (Phi) is 8.40. The first-order valence-electron chi connectivity index (χ1n) is 12.3. The Morgan fingerprint density at radius 1 is 1.06 bits per heavy atom. The molecule has 0 atom stereocenters. The molecule has 0 unspecified atom stereocenters. The summed E-state index contributed by atoms with van der Waals surface area (Å²) in [6, 6.07) is 16.4. The number of nitrogens with one attached hydrogen (secondary N) is 2. The van der Waals surface area contributed by atoms with Gasteiger partial charge < -0.3 is 20.3 Å². The van der Waals surface area contributed by atoms with E-state index in [1.807, 2.05) is 58.0 Å². The predicted molar refractivity (Wildman–Crippen MR) is 144 cm³/mol. The van der Waals surface area contributed by atoms with Crippen LogP contribution in [0.3, 0.4) is 0 Å². The number of carbonyl (C=O) groups excluding carboxylic acids is 2. The molecule has 0 aliphatic heterocycles.